The Labute approximate surface area is 126 Å². The Morgan fingerprint density at radius 2 is 2.10 bits per heavy atom. The predicted molar refractivity (Wildman–Crippen MR) is 76.3 cm³/mol. The largest absolute Gasteiger partial charge is 0.331 e. The standard InChI is InChI=1S/C15H13ClFN3O/c16-14-13(7-11(17)8-19-14)15(21)20(12-1-2-12)9-10-3-5-18-6-4-10/h3-8,12H,1-2,9H2. The summed E-state index contributed by atoms with van der Waals surface area (Å²) in [7, 11) is 0. The van der Waals surface area contributed by atoms with Crippen LogP contribution in [-0.4, -0.2) is 26.8 Å². The fourth-order valence-corrected chi connectivity index (χ4v) is 2.35. The molecule has 0 N–H and O–H groups in total. The van der Waals surface area contributed by atoms with Crippen molar-refractivity contribution >= 4 is 17.5 Å². The number of halogens is 2. The Balaban J connectivity index is 1.87. The Morgan fingerprint density at radius 3 is 2.76 bits per heavy atom. The van der Waals surface area contributed by atoms with Crippen LogP contribution in [0.4, 0.5) is 4.39 Å². The van der Waals surface area contributed by atoms with Crippen LogP contribution >= 0.6 is 11.6 Å². The molecule has 0 aromatic carbocycles. The fourth-order valence-electron chi connectivity index (χ4n) is 2.17. The Kier molecular flexibility index (Phi) is 3.84. The van der Waals surface area contributed by atoms with Crippen molar-refractivity contribution in [2.45, 2.75) is 25.4 Å². The number of pyridine rings is 2. The lowest BCUT2D eigenvalue weighted by Gasteiger charge is -2.23. The van der Waals surface area contributed by atoms with Crippen LogP contribution in [0.1, 0.15) is 28.8 Å². The first kappa shape index (κ1) is 13.9. The van der Waals surface area contributed by atoms with E-state index < -0.39 is 5.82 Å². The van der Waals surface area contributed by atoms with E-state index in [1.54, 1.807) is 17.3 Å². The van der Waals surface area contributed by atoms with E-state index in [2.05, 4.69) is 9.97 Å². The molecule has 2 aromatic rings. The van der Waals surface area contributed by atoms with Gasteiger partial charge in [0, 0.05) is 25.0 Å². The predicted octanol–water partition coefficient (Wildman–Crippen LogP) is 3.07. The SMILES string of the molecule is O=C(c1cc(F)cnc1Cl)N(Cc1ccncc1)C1CC1. The molecule has 1 aliphatic carbocycles. The van der Waals surface area contributed by atoms with Crippen LogP contribution < -0.4 is 0 Å². The quantitative estimate of drug-likeness (QED) is 0.816. The first-order valence-corrected chi connectivity index (χ1v) is 7.04. The summed E-state index contributed by atoms with van der Waals surface area (Å²) in [4.78, 5) is 22.0. The minimum atomic E-state index is -0.567. The maximum Gasteiger partial charge on any atom is 0.257 e. The number of hydrogen-bond donors (Lipinski definition) is 0. The maximum atomic E-state index is 13.3. The van der Waals surface area contributed by atoms with Crippen molar-refractivity contribution in [3.8, 4) is 0 Å². The van der Waals surface area contributed by atoms with E-state index in [1.165, 1.54) is 0 Å². The van der Waals surface area contributed by atoms with Gasteiger partial charge in [0.2, 0.25) is 0 Å². The molecule has 1 aliphatic rings. The van der Waals surface area contributed by atoms with E-state index in [9.17, 15) is 9.18 Å². The van der Waals surface area contributed by atoms with E-state index in [0.29, 0.717) is 6.54 Å². The van der Waals surface area contributed by atoms with Gasteiger partial charge in [0.15, 0.2) is 0 Å². The lowest BCUT2D eigenvalue weighted by atomic mass is 10.2. The summed E-state index contributed by atoms with van der Waals surface area (Å²) >= 11 is 5.93. The normalized spacial score (nSPS) is 14.0. The van der Waals surface area contributed by atoms with Gasteiger partial charge in [-0.05, 0) is 36.6 Å². The highest BCUT2D eigenvalue weighted by Gasteiger charge is 2.34. The second-order valence-electron chi connectivity index (χ2n) is 5.01. The first-order chi connectivity index (χ1) is 10.1. The van der Waals surface area contributed by atoms with Gasteiger partial charge in [-0.2, -0.15) is 0 Å². The van der Waals surface area contributed by atoms with E-state index in [1.807, 2.05) is 12.1 Å². The topological polar surface area (TPSA) is 46.1 Å². The van der Waals surface area contributed by atoms with Crippen molar-refractivity contribution in [3.05, 3.63) is 58.9 Å². The highest BCUT2D eigenvalue weighted by molar-refractivity contribution is 6.32. The fraction of sp³-hybridized carbons (Fsp3) is 0.267. The van der Waals surface area contributed by atoms with Gasteiger partial charge in [-0.25, -0.2) is 9.37 Å². The molecule has 1 fully saturated rings. The molecule has 4 nitrogen and oxygen atoms in total. The number of carbonyl (C=O) groups is 1. The molecule has 1 amide bonds. The number of rotatable bonds is 4. The summed E-state index contributed by atoms with van der Waals surface area (Å²) in [6, 6.07) is 5.03. The molecule has 108 valence electrons. The van der Waals surface area contributed by atoms with Crippen LogP contribution in [0, 0.1) is 5.82 Å². The monoisotopic (exact) mass is 305 g/mol. The zero-order valence-electron chi connectivity index (χ0n) is 11.2. The number of amides is 1. The third kappa shape index (κ3) is 3.19. The van der Waals surface area contributed by atoms with Crippen molar-refractivity contribution in [1.82, 2.24) is 14.9 Å². The van der Waals surface area contributed by atoms with Crippen molar-refractivity contribution in [1.29, 1.82) is 0 Å². The van der Waals surface area contributed by atoms with Crippen molar-refractivity contribution in [2.24, 2.45) is 0 Å². The molecule has 21 heavy (non-hydrogen) atoms. The van der Waals surface area contributed by atoms with Gasteiger partial charge < -0.3 is 4.90 Å². The van der Waals surface area contributed by atoms with E-state index in [-0.39, 0.29) is 22.7 Å². The third-order valence-corrected chi connectivity index (χ3v) is 3.69. The lowest BCUT2D eigenvalue weighted by molar-refractivity contribution is 0.0729. The summed E-state index contributed by atoms with van der Waals surface area (Å²) in [5, 5.41) is 0.0294. The average Bonchev–Trinajstić information content (AvgIpc) is 3.32. The minimum absolute atomic E-state index is 0.0294. The zero-order valence-corrected chi connectivity index (χ0v) is 11.9. The molecule has 0 saturated heterocycles. The first-order valence-electron chi connectivity index (χ1n) is 6.66. The summed E-state index contributed by atoms with van der Waals surface area (Å²) in [6.45, 7) is 0.457. The van der Waals surface area contributed by atoms with Crippen LogP contribution in [0.5, 0.6) is 0 Å². The van der Waals surface area contributed by atoms with Gasteiger partial charge in [0.1, 0.15) is 11.0 Å². The molecule has 0 bridgehead atoms. The molecule has 6 heteroatoms. The van der Waals surface area contributed by atoms with Crippen LogP contribution in [-0.2, 0) is 6.54 Å². The van der Waals surface area contributed by atoms with Gasteiger partial charge in [0.05, 0.1) is 11.8 Å². The summed E-state index contributed by atoms with van der Waals surface area (Å²) < 4.78 is 13.3. The molecule has 2 heterocycles. The average molecular weight is 306 g/mol. The number of hydrogen-bond acceptors (Lipinski definition) is 3. The molecular weight excluding hydrogens is 293 g/mol. The molecule has 3 rings (SSSR count). The molecule has 1 saturated carbocycles. The van der Waals surface area contributed by atoms with Gasteiger partial charge in [-0.15, -0.1) is 0 Å². The molecule has 0 radical (unpaired) electrons. The molecule has 0 unspecified atom stereocenters. The summed E-state index contributed by atoms with van der Waals surface area (Å²) in [6.07, 6.45) is 6.28. The van der Waals surface area contributed by atoms with Gasteiger partial charge in [-0.3, -0.25) is 9.78 Å². The molecular formula is C15H13ClFN3O. The van der Waals surface area contributed by atoms with Crippen molar-refractivity contribution < 1.29 is 9.18 Å². The van der Waals surface area contributed by atoms with E-state index in [4.69, 9.17) is 11.6 Å². The van der Waals surface area contributed by atoms with Gasteiger partial charge in [-0.1, -0.05) is 11.6 Å². The third-order valence-electron chi connectivity index (χ3n) is 3.39. The summed E-state index contributed by atoms with van der Waals surface area (Å²) in [5.41, 5.74) is 1.09. The molecule has 0 atom stereocenters. The van der Waals surface area contributed by atoms with Crippen LogP contribution in [0.15, 0.2) is 36.8 Å². The highest BCUT2D eigenvalue weighted by Crippen LogP contribution is 2.30. The van der Waals surface area contributed by atoms with Crippen molar-refractivity contribution in [2.75, 3.05) is 0 Å². The Hall–Kier alpha value is -2.01. The van der Waals surface area contributed by atoms with Crippen molar-refractivity contribution in [3.63, 3.8) is 0 Å². The van der Waals surface area contributed by atoms with Crippen LogP contribution in [0.25, 0.3) is 0 Å². The number of carbonyl (C=O) groups excluding carboxylic acids is 1. The second-order valence-corrected chi connectivity index (χ2v) is 5.37. The highest BCUT2D eigenvalue weighted by atomic mass is 35.5. The van der Waals surface area contributed by atoms with E-state index >= 15 is 0 Å². The zero-order chi connectivity index (χ0) is 14.8. The maximum absolute atomic E-state index is 13.3. The molecule has 0 spiro atoms. The smallest absolute Gasteiger partial charge is 0.257 e. The second kappa shape index (κ2) is 5.77. The number of aromatic nitrogens is 2. The van der Waals surface area contributed by atoms with Crippen LogP contribution in [0.3, 0.4) is 0 Å². The number of nitrogens with zero attached hydrogens (tertiary/aromatic N) is 3. The lowest BCUT2D eigenvalue weighted by Crippen LogP contribution is -2.33. The van der Waals surface area contributed by atoms with Crippen LogP contribution in [0.2, 0.25) is 5.15 Å². The summed E-state index contributed by atoms with van der Waals surface area (Å²) in [5.74, 6) is -0.853. The van der Waals surface area contributed by atoms with Gasteiger partial charge >= 0.3 is 0 Å². The Morgan fingerprint density at radius 1 is 1.38 bits per heavy atom. The Bertz CT molecular complexity index is 661. The molecule has 0 aliphatic heterocycles. The van der Waals surface area contributed by atoms with E-state index in [0.717, 1.165) is 30.7 Å². The van der Waals surface area contributed by atoms with Gasteiger partial charge in [0.25, 0.3) is 5.91 Å². The minimum Gasteiger partial charge on any atom is -0.331 e. The molecule has 2 aromatic heterocycles.